The average Bonchev–Trinajstić information content (AvgIpc) is 3.27. The van der Waals surface area contributed by atoms with Crippen LogP contribution in [0.1, 0.15) is 27.3 Å². The molecule has 0 atom stereocenters. The van der Waals surface area contributed by atoms with Gasteiger partial charge in [0.15, 0.2) is 11.5 Å². The van der Waals surface area contributed by atoms with Crippen LogP contribution in [-0.4, -0.2) is 51.0 Å². The lowest BCUT2D eigenvalue weighted by Gasteiger charge is -2.09. The molecule has 2 N–H and O–H groups in total. The molecule has 0 unspecified atom stereocenters. The van der Waals surface area contributed by atoms with E-state index in [1.54, 1.807) is 35.9 Å². The first-order valence-electron chi connectivity index (χ1n) is 11.1. The third-order valence-electron chi connectivity index (χ3n) is 5.31. The second-order valence-corrected chi connectivity index (χ2v) is 8.94. The van der Waals surface area contributed by atoms with Crippen LogP contribution >= 0.6 is 11.8 Å². The molecule has 4 rings (SSSR count). The highest BCUT2D eigenvalue weighted by molar-refractivity contribution is 7.99. The lowest BCUT2D eigenvalue weighted by atomic mass is 10.1. The van der Waals surface area contributed by atoms with Crippen LogP contribution in [0.25, 0.3) is 5.65 Å². The van der Waals surface area contributed by atoms with Crippen molar-refractivity contribution in [3.05, 3.63) is 77.1 Å². The highest BCUT2D eigenvalue weighted by Gasteiger charge is 2.12. The van der Waals surface area contributed by atoms with Crippen molar-refractivity contribution in [2.45, 2.75) is 25.3 Å². The molecule has 0 saturated carbocycles. The number of aryl methyl sites for hydroxylation is 2. The van der Waals surface area contributed by atoms with E-state index < -0.39 is 0 Å². The summed E-state index contributed by atoms with van der Waals surface area (Å²) in [5, 5.41) is 19.4. The van der Waals surface area contributed by atoms with Crippen LogP contribution in [-0.2, 0) is 11.2 Å². The monoisotopic (exact) mass is 490 g/mol. The number of aromatic nitrogens is 4. The predicted octanol–water partition coefficient (Wildman–Crippen LogP) is 3.45. The van der Waals surface area contributed by atoms with E-state index in [9.17, 15) is 9.59 Å². The zero-order chi connectivity index (χ0) is 24.8. The van der Waals surface area contributed by atoms with Crippen molar-refractivity contribution in [2.75, 3.05) is 24.7 Å². The molecule has 180 valence electrons. The number of amides is 2. The summed E-state index contributed by atoms with van der Waals surface area (Å²) >= 11 is 1.33. The molecule has 2 aromatic carbocycles. The second-order valence-electron chi connectivity index (χ2n) is 7.95. The number of rotatable bonds is 9. The molecule has 35 heavy (non-hydrogen) atoms. The average molecular weight is 491 g/mol. The summed E-state index contributed by atoms with van der Waals surface area (Å²) in [5.74, 6) is 1.26. The molecule has 0 aliphatic carbocycles. The molecule has 10 heteroatoms. The fourth-order valence-corrected chi connectivity index (χ4v) is 4.03. The second kappa shape index (κ2) is 11.0. The maximum atomic E-state index is 12.4. The molecule has 9 nitrogen and oxygen atoms in total. The maximum Gasteiger partial charge on any atom is 0.251 e. The van der Waals surface area contributed by atoms with Gasteiger partial charge in [-0.25, -0.2) is 0 Å². The number of thioether (sulfide) groups is 1. The van der Waals surface area contributed by atoms with Gasteiger partial charge in [0.05, 0.1) is 12.9 Å². The number of hydrogen-bond acceptors (Lipinski definition) is 7. The first-order chi connectivity index (χ1) is 16.9. The molecule has 0 radical (unpaired) electrons. The Balaban J connectivity index is 1.33. The third-order valence-corrected chi connectivity index (χ3v) is 6.23. The number of hydrogen-bond donors (Lipinski definition) is 2. The van der Waals surface area contributed by atoms with Gasteiger partial charge in [0, 0.05) is 24.2 Å². The van der Waals surface area contributed by atoms with Crippen LogP contribution in [0.4, 0.5) is 5.69 Å². The number of nitrogens with one attached hydrogen (secondary N) is 2. The standard InChI is InChI=1S/C25H26N6O3S/c1-16-4-5-17(2)20(14-16)27-23(32)15-35-24-11-10-21-28-29-22(31(21)30-24)12-13-26-25(33)18-6-8-19(34-3)9-7-18/h4-11,14H,12-13,15H2,1-3H3,(H,26,33)(H,27,32). The fraction of sp³-hybridized carbons (Fsp3) is 0.240. The quantitative estimate of drug-likeness (QED) is 0.346. The summed E-state index contributed by atoms with van der Waals surface area (Å²) in [5.41, 5.74) is 4.07. The smallest absolute Gasteiger partial charge is 0.251 e. The minimum atomic E-state index is -0.180. The summed E-state index contributed by atoms with van der Waals surface area (Å²) in [6, 6.07) is 16.5. The van der Waals surface area contributed by atoms with E-state index in [0.717, 1.165) is 16.8 Å². The molecule has 0 bridgehead atoms. The molecule has 0 aliphatic rings. The molecule has 0 saturated heterocycles. The van der Waals surface area contributed by atoms with Crippen molar-refractivity contribution in [1.82, 2.24) is 25.1 Å². The van der Waals surface area contributed by atoms with Gasteiger partial charge in [0.2, 0.25) is 5.91 Å². The van der Waals surface area contributed by atoms with Gasteiger partial charge in [-0.2, -0.15) is 9.61 Å². The Bertz CT molecular complexity index is 1350. The molecular weight excluding hydrogens is 464 g/mol. The number of anilines is 1. The normalized spacial score (nSPS) is 10.8. The molecule has 0 spiro atoms. The number of benzene rings is 2. The third kappa shape index (κ3) is 6.15. The number of nitrogens with zero attached hydrogens (tertiary/aromatic N) is 4. The Hall–Kier alpha value is -3.92. The van der Waals surface area contributed by atoms with Gasteiger partial charge in [0.25, 0.3) is 5.91 Å². The van der Waals surface area contributed by atoms with E-state index in [4.69, 9.17) is 4.74 Å². The Labute approximate surface area is 207 Å². The topological polar surface area (TPSA) is 111 Å². The molecule has 4 aromatic rings. The minimum absolute atomic E-state index is 0.101. The summed E-state index contributed by atoms with van der Waals surface area (Å²) in [4.78, 5) is 24.8. The zero-order valence-corrected chi connectivity index (χ0v) is 20.6. The molecule has 2 amide bonds. The van der Waals surface area contributed by atoms with Crippen LogP contribution in [0, 0.1) is 13.8 Å². The molecule has 2 aromatic heterocycles. The zero-order valence-electron chi connectivity index (χ0n) is 19.7. The summed E-state index contributed by atoms with van der Waals surface area (Å²) < 4.78 is 6.76. The Morgan fingerprint density at radius 3 is 2.60 bits per heavy atom. The lowest BCUT2D eigenvalue weighted by Crippen LogP contribution is -2.26. The van der Waals surface area contributed by atoms with Gasteiger partial charge in [-0.3, -0.25) is 9.59 Å². The van der Waals surface area contributed by atoms with Crippen LogP contribution < -0.4 is 15.4 Å². The molecular formula is C25H26N6O3S. The number of methoxy groups -OCH3 is 1. The summed E-state index contributed by atoms with van der Waals surface area (Å²) in [6.45, 7) is 4.33. The van der Waals surface area contributed by atoms with Gasteiger partial charge < -0.3 is 15.4 Å². The largest absolute Gasteiger partial charge is 0.497 e. The molecule has 0 fully saturated rings. The van der Waals surface area contributed by atoms with E-state index in [1.807, 2.05) is 44.2 Å². The van der Waals surface area contributed by atoms with E-state index in [2.05, 4.69) is 25.9 Å². The van der Waals surface area contributed by atoms with Crippen molar-refractivity contribution in [2.24, 2.45) is 0 Å². The first kappa shape index (κ1) is 24.2. The highest BCUT2D eigenvalue weighted by atomic mass is 32.2. The van der Waals surface area contributed by atoms with E-state index >= 15 is 0 Å². The van der Waals surface area contributed by atoms with Gasteiger partial charge in [0.1, 0.15) is 10.8 Å². The first-order valence-corrected chi connectivity index (χ1v) is 12.0. The highest BCUT2D eigenvalue weighted by Crippen LogP contribution is 2.19. The summed E-state index contributed by atoms with van der Waals surface area (Å²) in [6.07, 6.45) is 0.456. The lowest BCUT2D eigenvalue weighted by molar-refractivity contribution is -0.113. The van der Waals surface area contributed by atoms with Crippen molar-refractivity contribution in [3.8, 4) is 5.75 Å². The van der Waals surface area contributed by atoms with Gasteiger partial charge >= 0.3 is 0 Å². The van der Waals surface area contributed by atoms with Crippen LogP contribution in [0.2, 0.25) is 0 Å². The minimum Gasteiger partial charge on any atom is -0.497 e. The molecule has 0 aliphatic heterocycles. The number of fused-ring (bicyclic) bond motifs is 1. The van der Waals surface area contributed by atoms with Crippen LogP contribution in [0.15, 0.2) is 59.6 Å². The maximum absolute atomic E-state index is 12.4. The SMILES string of the molecule is COc1ccc(C(=O)NCCc2nnc3ccc(SCC(=O)Nc4cc(C)ccc4C)nn23)cc1. The number of carbonyl (C=O) groups excluding carboxylic acids is 2. The van der Waals surface area contributed by atoms with Crippen molar-refractivity contribution in [3.63, 3.8) is 0 Å². The van der Waals surface area contributed by atoms with E-state index in [1.165, 1.54) is 11.8 Å². The van der Waals surface area contributed by atoms with Crippen molar-refractivity contribution in [1.29, 1.82) is 0 Å². The Morgan fingerprint density at radius 2 is 1.83 bits per heavy atom. The molecule has 2 heterocycles. The summed E-state index contributed by atoms with van der Waals surface area (Å²) in [7, 11) is 1.58. The van der Waals surface area contributed by atoms with Gasteiger partial charge in [-0.15, -0.1) is 10.2 Å². The fourth-order valence-electron chi connectivity index (χ4n) is 3.38. The number of ether oxygens (including phenoxy) is 1. The van der Waals surface area contributed by atoms with E-state index in [0.29, 0.717) is 40.8 Å². The number of carbonyl (C=O) groups is 2. The van der Waals surface area contributed by atoms with E-state index in [-0.39, 0.29) is 17.6 Å². The predicted molar refractivity (Wildman–Crippen MR) is 135 cm³/mol. The van der Waals surface area contributed by atoms with Crippen molar-refractivity contribution >= 4 is 34.9 Å². The van der Waals surface area contributed by atoms with Crippen LogP contribution in [0.5, 0.6) is 5.75 Å². The van der Waals surface area contributed by atoms with Crippen LogP contribution in [0.3, 0.4) is 0 Å². The van der Waals surface area contributed by atoms with Gasteiger partial charge in [-0.1, -0.05) is 23.9 Å². The Morgan fingerprint density at radius 1 is 1.03 bits per heavy atom. The van der Waals surface area contributed by atoms with Gasteiger partial charge in [-0.05, 0) is 67.4 Å². The Kier molecular flexibility index (Phi) is 7.61. The van der Waals surface area contributed by atoms with Crippen molar-refractivity contribution < 1.29 is 14.3 Å².